The fraction of sp³-hybridized carbons (Fsp3) is 0.929. The van der Waals surface area contributed by atoms with Crippen LogP contribution in [0.4, 0.5) is 4.79 Å². The van der Waals surface area contributed by atoms with Crippen molar-refractivity contribution in [3.8, 4) is 0 Å². The monoisotopic (exact) mass is 251 g/mol. The van der Waals surface area contributed by atoms with Crippen LogP contribution < -0.4 is 0 Å². The molecule has 1 unspecified atom stereocenters. The van der Waals surface area contributed by atoms with Gasteiger partial charge in [0.15, 0.2) is 0 Å². The van der Waals surface area contributed by atoms with Gasteiger partial charge < -0.3 is 9.80 Å². The first-order chi connectivity index (χ1) is 8.74. The maximum Gasteiger partial charge on any atom is 0.320 e. The molecule has 1 atom stereocenters. The van der Waals surface area contributed by atoms with Crippen molar-refractivity contribution < 1.29 is 4.79 Å². The number of likely N-dealkylation sites (tertiary alicyclic amines) is 1. The highest BCUT2D eigenvalue weighted by molar-refractivity contribution is 5.74. The molecule has 0 radical (unpaired) electrons. The first kappa shape index (κ1) is 12.3. The van der Waals surface area contributed by atoms with E-state index >= 15 is 0 Å². The zero-order chi connectivity index (χ0) is 12.5. The second-order valence-electron chi connectivity index (χ2n) is 6.23. The molecule has 2 amide bonds. The van der Waals surface area contributed by atoms with Crippen LogP contribution in [-0.2, 0) is 0 Å². The molecule has 0 aromatic rings. The van der Waals surface area contributed by atoms with Crippen LogP contribution in [0.3, 0.4) is 0 Å². The molecule has 4 nitrogen and oxygen atoms in total. The summed E-state index contributed by atoms with van der Waals surface area (Å²) in [6.45, 7) is 8.21. The summed E-state index contributed by atoms with van der Waals surface area (Å²) in [6, 6.07) is 1.13. The number of hydrogen-bond acceptors (Lipinski definition) is 2. The second kappa shape index (κ2) is 5.08. The summed E-state index contributed by atoms with van der Waals surface area (Å²) in [5.41, 5.74) is 0. The summed E-state index contributed by atoms with van der Waals surface area (Å²) in [6.07, 6.45) is 5.20. The third-order valence-corrected chi connectivity index (χ3v) is 4.58. The Labute approximate surface area is 110 Å². The van der Waals surface area contributed by atoms with Gasteiger partial charge in [0.25, 0.3) is 0 Å². The molecular formula is C14H25N3O. The predicted molar refractivity (Wildman–Crippen MR) is 71.5 cm³/mol. The van der Waals surface area contributed by atoms with Gasteiger partial charge in [-0.1, -0.05) is 6.92 Å². The molecule has 0 aromatic carbocycles. The molecule has 0 aromatic heterocycles. The number of nitrogens with zero attached hydrogens (tertiary/aromatic N) is 3. The van der Waals surface area contributed by atoms with Crippen molar-refractivity contribution in [1.29, 1.82) is 0 Å². The molecule has 102 valence electrons. The second-order valence-corrected chi connectivity index (χ2v) is 6.23. The molecule has 0 spiro atoms. The van der Waals surface area contributed by atoms with Crippen molar-refractivity contribution in [2.75, 3.05) is 39.3 Å². The average molecular weight is 251 g/mol. The molecule has 3 fully saturated rings. The van der Waals surface area contributed by atoms with Crippen LogP contribution in [-0.4, -0.2) is 66.0 Å². The molecule has 18 heavy (non-hydrogen) atoms. The number of amides is 2. The first-order valence-corrected chi connectivity index (χ1v) is 7.52. The molecule has 2 aliphatic heterocycles. The molecule has 1 saturated carbocycles. The molecular weight excluding hydrogens is 226 g/mol. The van der Waals surface area contributed by atoms with Crippen LogP contribution in [0, 0.1) is 5.92 Å². The first-order valence-electron chi connectivity index (χ1n) is 7.52. The summed E-state index contributed by atoms with van der Waals surface area (Å²) in [5.74, 6) is 0.676. The molecule has 3 rings (SSSR count). The Hall–Kier alpha value is -0.770. The van der Waals surface area contributed by atoms with E-state index in [0.29, 0.717) is 5.92 Å². The molecule has 0 N–H and O–H groups in total. The fourth-order valence-electron chi connectivity index (χ4n) is 3.28. The minimum absolute atomic E-state index is 0.289. The van der Waals surface area contributed by atoms with Crippen LogP contribution in [0.15, 0.2) is 0 Å². The fourth-order valence-corrected chi connectivity index (χ4v) is 3.28. The van der Waals surface area contributed by atoms with Crippen LogP contribution >= 0.6 is 0 Å². The van der Waals surface area contributed by atoms with E-state index in [1.54, 1.807) is 0 Å². The van der Waals surface area contributed by atoms with E-state index in [-0.39, 0.29) is 6.03 Å². The van der Waals surface area contributed by atoms with Crippen molar-refractivity contribution >= 4 is 6.03 Å². The minimum atomic E-state index is 0.289. The van der Waals surface area contributed by atoms with Gasteiger partial charge in [-0.3, -0.25) is 4.90 Å². The minimum Gasteiger partial charge on any atom is -0.324 e. The lowest BCUT2D eigenvalue weighted by molar-refractivity contribution is 0.0976. The highest BCUT2D eigenvalue weighted by atomic mass is 16.2. The highest BCUT2D eigenvalue weighted by Crippen LogP contribution is 2.27. The Morgan fingerprint density at radius 2 is 1.67 bits per heavy atom. The molecule has 1 aliphatic carbocycles. The van der Waals surface area contributed by atoms with E-state index in [1.165, 1.54) is 25.7 Å². The summed E-state index contributed by atoms with van der Waals surface area (Å²) in [4.78, 5) is 19.1. The quantitative estimate of drug-likeness (QED) is 0.708. The number of carbonyl (C=O) groups excluding carboxylic acids is 1. The van der Waals surface area contributed by atoms with Crippen LogP contribution in [0.25, 0.3) is 0 Å². The van der Waals surface area contributed by atoms with E-state index in [4.69, 9.17) is 0 Å². The van der Waals surface area contributed by atoms with E-state index < -0.39 is 0 Å². The summed E-state index contributed by atoms with van der Waals surface area (Å²) in [7, 11) is 0. The number of rotatable bonds is 1. The zero-order valence-electron chi connectivity index (χ0n) is 11.5. The van der Waals surface area contributed by atoms with E-state index in [0.717, 1.165) is 45.3 Å². The van der Waals surface area contributed by atoms with Crippen LogP contribution in [0.1, 0.15) is 32.6 Å². The SMILES string of the molecule is CC1CCCN(C(=O)N2CCN(C3CC3)CC2)C1. The lowest BCUT2D eigenvalue weighted by Crippen LogP contribution is -2.54. The van der Waals surface area contributed by atoms with Gasteiger partial charge in [-0.15, -0.1) is 0 Å². The van der Waals surface area contributed by atoms with Crippen molar-refractivity contribution in [2.24, 2.45) is 5.92 Å². The van der Waals surface area contributed by atoms with Gasteiger partial charge >= 0.3 is 6.03 Å². The maximum absolute atomic E-state index is 12.4. The normalized spacial score (nSPS) is 30.6. The van der Waals surface area contributed by atoms with Crippen LogP contribution in [0.2, 0.25) is 0 Å². The van der Waals surface area contributed by atoms with E-state index in [1.807, 2.05) is 0 Å². The largest absolute Gasteiger partial charge is 0.324 e. The van der Waals surface area contributed by atoms with Crippen molar-refractivity contribution in [1.82, 2.24) is 14.7 Å². The van der Waals surface area contributed by atoms with Crippen molar-refractivity contribution in [3.63, 3.8) is 0 Å². The standard InChI is InChI=1S/C14H25N3O/c1-12-3-2-6-17(11-12)14(18)16-9-7-15(8-10-16)13-4-5-13/h12-13H,2-11H2,1H3. The number of piperazine rings is 1. The molecule has 0 bridgehead atoms. The third-order valence-electron chi connectivity index (χ3n) is 4.58. The van der Waals surface area contributed by atoms with Crippen molar-refractivity contribution in [2.45, 2.75) is 38.6 Å². The average Bonchev–Trinajstić information content (AvgIpc) is 3.22. The van der Waals surface area contributed by atoms with E-state index in [9.17, 15) is 4.79 Å². The van der Waals surface area contributed by atoms with Gasteiger partial charge in [0.2, 0.25) is 0 Å². The third kappa shape index (κ3) is 2.63. The van der Waals surface area contributed by atoms with Gasteiger partial charge in [-0.25, -0.2) is 4.79 Å². The molecule has 3 aliphatic rings. The maximum atomic E-state index is 12.4. The number of urea groups is 1. The number of hydrogen-bond donors (Lipinski definition) is 0. The number of carbonyl (C=O) groups is 1. The van der Waals surface area contributed by atoms with Gasteiger partial charge in [0.05, 0.1) is 0 Å². The molecule has 2 saturated heterocycles. The predicted octanol–water partition coefficient (Wildman–Crippen LogP) is 1.62. The Morgan fingerprint density at radius 3 is 2.28 bits per heavy atom. The van der Waals surface area contributed by atoms with Gasteiger partial charge in [0.1, 0.15) is 0 Å². The Bertz CT molecular complexity index is 308. The van der Waals surface area contributed by atoms with Gasteiger partial charge in [0, 0.05) is 45.3 Å². The molecule has 2 heterocycles. The Morgan fingerprint density at radius 1 is 0.944 bits per heavy atom. The summed E-state index contributed by atoms with van der Waals surface area (Å²) in [5, 5.41) is 0. The zero-order valence-corrected chi connectivity index (χ0v) is 11.5. The van der Waals surface area contributed by atoms with Gasteiger partial charge in [-0.05, 0) is 31.6 Å². The lowest BCUT2D eigenvalue weighted by atomic mass is 10.0. The Kier molecular flexibility index (Phi) is 3.46. The summed E-state index contributed by atoms with van der Waals surface area (Å²) < 4.78 is 0. The smallest absolute Gasteiger partial charge is 0.320 e. The Balaban J connectivity index is 1.50. The topological polar surface area (TPSA) is 26.8 Å². The molecule has 4 heteroatoms. The van der Waals surface area contributed by atoms with E-state index in [2.05, 4.69) is 21.6 Å². The summed E-state index contributed by atoms with van der Waals surface area (Å²) >= 11 is 0. The lowest BCUT2D eigenvalue weighted by Gasteiger charge is -2.39. The van der Waals surface area contributed by atoms with Crippen LogP contribution in [0.5, 0.6) is 0 Å². The van der Waals surface area contributed by atoms with Crippen molar-refractivity contribution in [3.05, 3.63) is 0 Å². The number of piperidine rings is 1. The highest BCUT2D eigenvalue weighted by Gasteiger charge is 2.33. The van der Waals surface area contributed by atoms with Gasteiger partial charge in [-0.2, -0.15) is 0 Å².